The average Bonchev–Trinajstić information content (AvgIpc) is 3.28. The van der Waals surface area contributed by atoms with Crippen LogP contribution in [0, 0.1) is 29.5 Å². The fourth-order valence-corrected chi connectivity index (χ4v) is 6.21. The molecule has 0 radical (unpaired) electrons. The van der Waals surface area contributed by atoms with Gasteiger partial charge in [-0.25, -0.2) is 4.39 Å². The third kappa shape index (κ3) is 5.48. The van der Waals surface area contributed by atoms with Gasteiger partial charge in [-0.2, -0.15) is 0 Å². The minimum absolute atomic E-state index is 0.0668. The van der Waals surface area contributed by atoms with Crippen LogP contribution in [0.3, 0.4) is 0 Å². The monoisotopic (exact) mass is 589 g/mol. The van der Waals surface area contributed by atoms with Crippen LogP contribution in [0.1, 0.15) is 30.4 Å². The number of rotatable bonds is 8. The molecule has 5 atom stereocenters. The highest BCUT2D eigenvalue weighted by molar-refractivity contribution is 9.10. The van der Waals surface area contributed by atoms with Crippen LogP contribution in [0.15, 0.2) is 101 Å². The van der Waals surface area contributed by atoms with Crippen molar-refractivity contribution in [2.45, 2.75) is 36.5 Å². The van der Waals surface area contributed by atoms with Gasteiger partial charge < -0.3 is 20.3 Å². The van der Waals surface area contributed by atoms with E-state index in [1.807, 2.05) is 36.4 Å². The molecule has 6 heteroatoms. The molecule has 4 nitrogen and oxygen atoms in total. The number of benzene rings is 2. The van der Waals surface area contributed by atoms with Gasteiger partial charge in [0.2, 0.25) is 0 Å². The summed E-state index contributed by atoms with van der Waals surface area (Å²) in [5.41, 5.74) is 7.15. The molecule has 2 aromatic rings. The summed E-state index contributed by atoms with van der Waals surface area (Å²) < 4.78 is 28.9. The molecule has 1 fully saturated rings. The second-order valence-electron chi connectivity index (χ2n) is 10.2. The molecule has 0 bridgehead atoms. The van der Waals surface area contributed by atoms with Gasteiger partial charge in [-0.3, -0.25) is 0 Å². The summed E-state index contributed by atoms with van der Waals surface area (Å²) in [4.78, 5) is 0. The van der Waals surface area contributed by atoms with Gasteiger partial charge in [0.05, 0.1) is 37.4 Å². The summed E-state index contributed by atoms with van der Waals surface area (Å²) in [5.74, 6) is 5.50. The van der Waals surface area contributed by atoms with Gasteiger partial charge in [-0.15, -0.1) is 0 Å². The van der Waals surface area contributed by atoms with E-state index in [9.17, 15) is 9.50 Å². The summed E-state index contributed by atoms with van der Waals surface area (Å²) in [7, 11) is 0. The number of hydrogen-bond acceptors (Lipinski definition) is 4. The zero-order valence-corrected chi connectivity index (χ0v) is 23.3. The molecule has 3 aliphatic rings. The first-order chi connectivity index (χ1) is 19.0. The van der Waals surface area contributed by atoms with Crippen LogP contribution in [0.4, 0.5) is 4.39 Å². The predicted molar refractivity (Wildman–Crippen MR) is 155 cm³/mol. The van der Waals surface area contributed by atoms with E-state index in [0.717, 1.165) is 24.0 Å². The Labute approximate surface area is 238 Å². The number of aliphatic hydroxyl groups is 1. The Kier molecular flexibility index (Phi) is 8.66. The Balaban J connectivity index is 1.54. The van der Waals surface area contributed by atoms with Crippen LogP contribution in [-0.4, -0.2) is 31.0 Å². The van der Waals surface area contributed by atoms with Gasteiger partial charge >= 0.3 is 0 Å². The standard InChI is InChI=1S/C33H33BrFNO3/c34-27-18-19-30(35)28(20-27)32(36)23-38-31(29(32)21-37)22-39-33(25-14-8-4-9-15-25,26-16-10-5-11-17-26)24-12-6-2-1-3-7-13-24/h1-2,4-6,8-10,12,14-16,18-20,24,29,31,37H,3,11,17,21-23,36H2/b2-1-,12-6?/t24?,29-,31-,32-,33?/m1/s1. The minimum Gasteiger partial charge on any atom is -0.396 e. The molecule has 1 heterocycles. The summed E-state index contributed by atoms with van der Waals surface area (Å²) >= 11 is 3.42. The number of nitrogens with two attached hydrogens (primary N) is 1. The predicted octanol–water partition coefficient (Wildman–Crippen LogP) is 6.07. The normalized spacial score (nSPS) is 28.5. The third-order valence-corrected chi connectivity index (χ3v) is 8.40. The van der Waals surface area contributed by atoms with Crippen molar-refractivity contribution in [2.24, 2.45) is 17.6 Å². The Morgan fingerprint density at radius 3 is 2.77 bits per heavy atom. The van der Waals surface area contributed by atoms with E-state index in [2.05, 4.69) is 64.2 Å². The first-order valence-electron chi connectivity index (χ1n) is 13.3. The van der Waals surface area contributed by atoms with Crippen molar-refractivity contribution in [2.75, 3.05) is 19.8 Å². The molecule has 1 saturated heterocycles. The maximum absolute atomic E-state index is 14.9. The Hall–Kier alpha value is -2.79. The Morgan fingerprint density at radius 1 is 1.15 bits per heavy atom. The van der Waals surface area contributed by atoms with Crippen LogP contribution in [0.25, 0.3) is 0 Å². The molecule has 2 aliphatic carbocycles. The van der Waals surface area contributed by atoms with E-state index in [1.54, 1.807) is 12.1 Å². The van der Waals surface area contributed by atoms with Crippen LogP contribution < -0.4 is 5.73 Å². The molecule has 1 aliphatic heterocycles. The minimum atomic E-state index is -1.20. The number of aliphatic hydroxyl groups excluding tert-OH is 1. The molecule has 2 unspecified atom stereocenters. The maximum Gasteiger partial charge on any atom is 0.132 e. The first-order valence-corrected chi connectivity index (χ1v) is 14.1. The van der Waals surface area contributed by atoms with E-state index in [4.69, 9.17) is 15.2 Å². The second-order valence-corrected chi connectivity index (χ2v) is 11.1. The van der Waals surface area contributed by atoms with E-state index in [0.29, 0.717) is 16.5 Å². The molecule has 39 heavy (non-hydrogen) atoms. The molecule has 3 N–H and O–H groups in total. The van der Waals surface area contributed by atoms with Crippen molar-refractivity contribution in [3.05, 3.63) is 118 Å². The van der Waals surface area contributed by atoms with Gasteiger partial charge in [0, 0.05) is 22.4 Å². The molecule has 0 amide bonds. The lowest BCUT2D eigenvalue weighted by Crippen LogP contribution is -2.49. The van der Waals surface area contributed by atoms with Gasteiger partial charge in [0.1, 0.15) is 11.4 Å². The van der Waals surface area contributed by atoms with Crippen LogP contribution in [0.5, 0.6) is 0 Å². The highest BCUT2D eigenvalue weighted by atomic mass is 79.9. The Morgan fingerprint density at radius 2 is 2.00 bits per heavy atom. The summed E-state index contributed by atoms with van der Waals surface area (Å²) in [5, 5.41) is 10.5. The summed E-state index contributed by atoms with van der Waals surface area (Å²) in [6.07, 6.45) is 16.4. The van der Waals surface area contributed by atoms with Crippen molar-refractivity contribution in [3.8, 4) is 11.8 Å². The van der Waals surface area contributed by atoms with Crippen molar-refractivity contribution in [1.82, 2.24) is 0 Å². The Bertz CT molecular complexity index is 1360. The number of allylic oxidation sites excluding steroid dienone is 6. The van der Waals surface area contributed by atoms with Crippen molar-refractivity contribution < 1.29 is 19.0 Å². The van der Waals surface area contributed by atoms with E-state index < -0.39 is 29.0 Å². The number of hydrogen-bond donors (Lipinski definition) is 2. The zero-order valence-electron chi connectivity index (χ0n) is 21.7. The molecule has 202 valence electrons. The number of ether oxygens (including phenoxy) is 2. The molecular formula is C33H33BrFNO3. The topological polar surface area (TPSA) is 64.7 Å². The van der Waals surface area contributed by atoms with Gasteiger partial charge in [0.25, 0.3) is 0 Å². The summed E-state index contributed by atoms with van der Waals surface area (Å²) in [6, 6.07) is 14.8. The van der Waals surface area contributed by atoms with Crippen molar-refractivity contribution in [1.29, 1.82) is 0 Å². The SMILES string of the molecule is N[C@@]1(c2cc(Br)ccc2F)CO[C@H](COC(C2=CC=CCC2)(c2ccccc2)C2C#CC/C=C\C=C2)[C@H]1CO. The lowest BCUT2D eigenvalue weighted by Gasteiger charge is -2.42. The van der Waals surface area contributed by atoms with E-state index in [1.165, 1.54) is 6.07 Å². The average molecular weight is 591 g/mol. The third-order valence-electron chi connectivity index (χ3n) is 7.91. The van der Waals surface area contributed by atoms with E-state index >= 15 is 0 Å². The van der Waals surface area contributed by atoms with Crippen LogP contribution in [-0.2, 0) is 20.6 Å². The van der Waals surface area contributed by atoms with Crippen molar-refractivity contribution >= 4 is 15.9 Å². The molecule has 0 saturated carbocycles. The smallest absolute Gasteiger partial charge is 0.132 e. The molecule has 0 spiro atoms. The van der Waals surface area contributed by atoms with E-state index in [-0.39, 0.29) is 25.7 Å². The quantitative estimate of drug-likeness (QED) is 0.367. The van der Waals surface area contributed by atoms with Gasteiger partial charge in [-0.05, 0) is 42.2 Å². The lowest BCUT2D eigenvalue weighted by atomic mass is 9.72. The van der Waals surface area contributed by atoms with Gasteiger partial charge in [0.15, 0.2) is 0 Å². The first kappa shape index (κ1) is 27.8. The van der Waals surface area contributed by atoms with Gasteiger partial charge in [-0.1, -0.05) is 101 Å². The van der Waals surface area contributed by atoms with Crippen molar-refractivity contribution in [3.63, 3.8) is 0 Å². The molecule has 2 aromatic carbocycles. The lowest BCUT2D eigenvalue weighted by molar-refractivity contribution is -0.0917. The molecule has 5 rings (SSSR count). The fourth-order valence-electron chi connectivity index (χ4n) is 5.85. The summed E-state index contributed by atoms with van der Waals surface area (Å²) in [6.45, 7) is -0.0525. The van der Waals surface area contributed by atoms with Crippen LogP contribution in [0.2, 0.25) is 0 Å². The fraction of sp³-hybridized carbons (Fsp3) is 0.333. The maximum atomic E-state index is 14.9. The zero-order chi connectivity index (χ0) is 27.3. The highest BCUT2D eigenvalue weighted by Crippen LogP contribution is 2.46. The highest BCUT2D eigenvalue weighted by Gasteiger charge is 2.51. The van der Waals surface area contributed by atoms with Crippen LogP contribution >= 0.6 is 15.9 Å². The molecular weight excluding hydrogens is 557 g/mol. The largest absolute Gasteiger partial charge is 0.396 e. The number of halogens is 2. The second kappa shape index (κ2) is 12.2. The molecule has 0 aromatic heterocycles.